The largest absolute Gasteiger partial charge is 0.377 e. The van der Waals surface area contributed by atoms with Gasteiger partial charge in [0.15, 0.2) is 0 Å². The minimum atomic E-state index is 0.373. The molecule has 1 saturated heterocycles. The molecular weight excluding hydrogens is 128 g/mol. The van der Waals surface area contributed by atoms with Crippen molar-refractivity contribution in [3.05, 3.63) is 0 Å². The molecule has 0 aromatic rings. The molecule has 0 aliphatic carbocycles. The highest BCUT2D eigenvalue weighted by molar-refractivity contribution is 6.17. The first-order valence-electron chi connectivity index (χ1n) is 2.69. The second kappa shape index (κ2) is 3.28. The van der Waals surface area contributed by atoms with Crippen molar-refractivity contribution in [1.29, 1.82) is 0 Å². The third kappa shape index (κ3) is 2.50. The predicted molar refractivity (Wildman–Crippen MR) is 31.3 cm³/mol. The molecule has 0 radical (unpaired) electrons. The fraction of sp³-hybridized carbons (Fsp3) is 1.00. The molecule has 0 aromatic heterocycles. The lowest BCUT2D eigenvalue weighted by Gasteiger charge is -1.94. The van der Waals surface area contributed by atoms with Crippen molar-refractivity contribution in [1.82, 2.24) is 0 Å². The summed E-state index contributed by atoms with van der Waals surface area (Å²) in [5.74, 6) is 0.576. The smallest absolute Gasteiger partial charge is 0.104 e. The van der Waals surface area contributed by atoms with Gasteiger partial charge in [-0.3, -0.25) is 0 Å². The van der Waals surface area contributed by atoms with Crippen LogP contribution in [-0.2, 0) is 9.47 Å². The van der Waals surface area contributed by atoms with Crippen molar-refractivity contribution in [2.75, 3.05) is 25.7 Å². The van der Waals surface area contributed by atoms with Gasteiger partial charge in [0.25, 0.3) is 0 Å². The molecule has 0 unspecified atom stereocenters. The van der Waals surface area contributed by atoms with Crippen molar-refractivity contribution < 1.29 is 9.47 Å². The Kier molecular flexibility index (Phi) is 2.59. The first-order valence-corrected chi connectivity index (χ1v) is 3.22. The molecule has 0 amide bonds. The van der Waals surface area contributed by atoms with Crippen LogP contribution in [0.4, 0.5) is 0 Å². The molecule has 1 atom stereocenters. The lowest BCUT2D eigenvalue weighted by Crippen LogP contribution is -2.02. The third-order valence-electron chi connectivity index (χ3n) is 0.928. The van der Waals surface area contributed by atoms with E-state index in [4.69, 9.17) is 21.1 Å². The van der Waals surface area contributed by atoms with Crippen LogP contribution >= 0.6 is 11.6 Å². The molecule has 0 bridgehead atoms. The van der Waals surface area contributed by atoms with Gasteiger partial charge in [0.2, 0.25) is 0 Å². The number of hydrogen-bond donors (Lipinski definition) is 0. The van der Waals surface area contributed by atoms with E-state index in [-0.39, 0.29) is 0 Å². The zero-order valence-corrected chi connectivity index (χ0v) is 5.36. The Morgan fingerprint density at radius 3 is 3.00 bits per heavy atom. The summed E-state index contributed by atoms with van der Waals surface area (Å²) in [6.07, 6.45) is 0.373. The summed E-state index contributed by atoms with van der Waals surface area (Å²) in [6.45, 7) is 2.22. The summed E-state index contributed by atoms with van der Waals surface area (Å²) in [5, 5.41) is 0. The van der Waals surface area contributed by atoms with Crippen LogP contribution in [0.5, 0.6) is 0 Å². The van der Waals surface area contributed by atoms with E-state index >= 15 is 0 Å². The van der Waals surface area contributed by atoms with Gasteiger partial charge in [-0.25, -0.2) is 0 Å². The molecular formula is C5H9ClO2. The number of ether oxygens (including phenoxy) is 2. The Bertz CT molecular complexity index is 63.4. The number of hydrogen-bond acceptors (Lipinski definition) is 2. The first-order chi connectivity index (χ1) is 3.93. The van der Waals surface area contributed by atoms with E-state index in [1.54, 1.807) is 0 Å². The van der Waals surface area contributed by atoms with Crippen molar-refractivity contribution in [2.24, 2.45) is 0 Å². The molecule has 2 nitrogen and oxygen atoms in total. The maximum atomic E-state index is 5.34. The summed E-state index contributed by atoms with van der Waals surface area (Å²) < 4.78 is 9.94. The second-order valence-corrected chi connectivity index (χ2v) is 2.10. The third-order valence-corrected chi connectivity index (χ3v) is 1.08. The molecule has 8 heavy (non-hydrogen) atoms. The van der Waals surface area contributed by atoms with E-state index in [0.29, 0.717) is 25.2 Å². The minimum absolute atomic E-state index is 0.373. The summed E-state index contributed by atoms with van der Waals surface area (Å²) in [7, 11) is 0. The molecule has 1 rings (SSSR count). The van der Waals surface area contributed by atoms with E-state index in [9.17, 15) is 0 Å². The molecule has 1 heterocycles. The van der Waals surface area contributed by atoms with Gasteiger partial charge in [-0.1, -0.05) is 0 Å². The zero-order valence-electron chi connectivity index (χ0n) is 4.60. The summed E-state index contributed by atoms with van der Waals surface area (Å²) in [4.78, 5) is 0. The molecule has 0 saturated carbocycles. The molecule has 0 N–H and O–H groups in total. The summed E-state index contributed by atoms with van der Waals surface area (Å²) >= 11 is 5.34. The van der Waals surface area contributed by atoms with Crippen LogP contribution < -0.4 is 0 Å². The van der Waals surface area contributed by atoms with Crippen molar-refractivity contribution >= 4 is 11.6 Å². The molecule has 3 heteroatoms. The Morgan fingerprint density at radius 1 is 1.75 bits per heavy atom. The SMILES string of the molecule is ClCCOC[C@H]1CO1. The van der Waals surface area contributed by atoms with Crippen LogP contribution in [0.1, 0.15) is 0 Å². The van der Waals surface area contributed by atoms with Crippen molar-refractivity contribution in [3.63, 3.8) is 0 Å². The lowest BCUT2D eigenvalue weighted by molar-refractivity contribution is 0.129. The standard InChI is InChI=1S/C5H9ClO2/c6-1-2-7-3-5-4-8-5/h5H,1-4H2/t5-/m0/s1. The maximum absolute atomic E-state index is 5.34. The summed E-state index contributed by atoms with van der Waals surface area (Å²) in [6, 6.07) is 0. The van der Waals surface area contributed by atoms with Gasteiger partial charge < -0.3 is 9.47 Å². The fourth-order valence-electron chi connectivity index (χ4n) is 0.434. The van der Waals surface area contributed by atoms with Crippen LogP contribution in [0.2, 0.25) is 0 Å². The molecule has 48 valence electrons. The van der Waals surface area contributed by atoms with Gasteiger partial charge >= 0.3 is 0 Å². The normalized spacial score (nSPS) is 25.9. The van der Waals surface area contributed by atoms with Crippen LogP contribution in [-0.4, -0.2) is 31.8 Å². The van der Waals surface area contributed by atoms with Gasteiger partial charge in [0, 0.05) is 5.88 Å². The highest BCUT2D eigenvalue weighted by atomic mass is 35.5. The maximum Gasteiger partial charge on any atom is 0.104 e. The average molecular weight is 137 g/mol. The van der Waals surface area contributed by atoms with E-state index < -0.39 is 0 Å². The Hall–Kier alpha value is 0.210. The fourth-order valence-corrected chi connectivity index (χ4v) is 0.543. The molecule has 0 spiro atoms. The van der Waals surface area contributed by atoms with Crippen LogP contribution in [0.25, 0.3) is 0 Å². The second-order valence-electron chi connectivity index (χ2n) is 1.72. The number of alkyl halides is 1. The van der Waals surface area contributed by atoms with Crippen LogP contribution in [0.15, 0.2) is 0 Å². The van der Waals surface area contributed by atoms with E-state index in [2.05, 4.69) is 0 Å². The van der Waals surface area contributed by atoms with Crippen LogP contribution in [0.3, 0.4) is 0 Å². The lowest BCUT2D eigenvalue weighted by atomic mass is 10.5. The van der Waals surface area contributed by atoms with Gasteiger partial charge in [-0.2, -0.15) is 0 Å². The van der Waals surface area contributed by atoms with E-state index in [0.717, 1.165) is 6.61 Å². The molecule has 0 aromatic carbocycles. The Labute approximate surface area is 53.7 Å². The van der Waals surface area contributed by atoms with Gasteiger partial charge in [-0.15, -0.1) is 11.6 Å². The monoisotopic (exact) mass is 136 g/mol. The van der Waals surface area contributed by atoms with E-state index in [1.807, 2.05) is 0 Å². The topological polar surface area (TPSA) is 21.8 Å². The number of rotatable bonds is 4. The Morgan fingerprint density at radius 2 is 2.50 bits per heavy atom. The number of epoxide rings is 1. The first kappa shape index (κ1) is 6.33. The quantitative estimate of drug-likeness (QED) is 0.322. The zero-order chi connectivity index (χ0) is 5.82. The van der Waals surface area contributed by atoms with Gasteiger partial charge in [-0.05, 0) is 0 Å². The summed E-state index contributed by atoms with van der Waals surface area (Å²) in [5.41, 5.74) is 0. The minimum Gasteiger partial charge on any atom is -0.377 e. The highest BCUT2D eigenvalue weighted by Gasteiger charge is 2.21. The van der Waals surface area contributed by atoms with Gasteiger partial charge in [0.1, 0.15) is 6.10 Å². The molecule has 1 fully saturated rings. The van der Waals surface area contributed by atoms with Crippen molar-refractivity contribution in [3.8, 4) is 0 Å². The number of halogens is 1. The predicted octanol–water partition coefficient (Wildman–Crippen LogP) is 0.641. The van der Waals surface area contributed by atoms with Gasteiger partial charge in [0.05, 0.1) is 19.8 Å². The van der Waals surface area contributed by atoms with E-state index in [1.165, 1.54) is 0 Å². The Balaban J connectivity index is 1.74. The van der Waals surface area contributed by atoms with Crippen LogP contribution in [0, 0.1) is 0 Å². The molecule has 1 aliphatic rings. The molecule has 1 aliphatic heterocycles. The average Bonchev–Trinajstić information content (AvgIpc) is 2.51. The van der Waals surface area contributed by atoms with Crippen molar-refractivity contribution in [2.45, 2.75) is 6.10 Å². The highest BCUT2D eigenvalue weighted by Crippen LogP contribution is 2.07.